The number of benzene rings is 1. The van der Waals surface area contributed by atoms with E-state index in [2.05, 4.69) is 11.8 Å². The van der Waals surface area contributed by atoms with E-state index in [1.54, 1.807) is 0 Å². The molecule has 0 saturated carbocycles. The fourth-order valence-corrected chi connectivity index (χ4v) is 4.26. The van der Waals surface area contributed by atoms with E-state index >= 15 is 0 Å². The number of likely N-dealkylation sites (tertiary alicyclic amines) is 2. The van der Waals surface area contributed by atoms with Crippen LogP contribution in [0.4, 0.5) is 0 Å². The number of piperidine rings is 2. The largest absolute Gasteiger partial charge is 0.454 e. The molecule has 26 heavy (non-hydrogen) atoms. The van der Waals surface area contributed by atoms with E-state index in [4.69, 9.17) is 9.47 Å². The van der Waals surface area contributed by atoms with E-state index in [9.17, 15) is 9.90 Å². The number of hydrogen-bond acceptors (Lipinski definition) is 5. The monoisotopic (exact) mass is 360 g/mol. The van der Waals surface area contributed by atoms with Crippen molar-refractivity contribution in [3.8, 4) is 11.5 Å². The van der Waals surface area contributed by atoms with Gasteiger partial charge in [-0.05, 0) is 49.3 Å². The maximum atomic E-state index is 12.6. The van der Waals surface area contributed by atoms with Crippen molar-refractivity contribution in [3.63, 3.8) is 0 Å². The zero-order chi connectivity index (χ0) is 18.1. The molecule has 0 aromatic heterocycles. The highest BCUT2D eigenvalue weighted by Crippen LogP contribution is 2.39. The Bertz CT molecular complexity index is 670. The summed E-state index contributed by atoms with van der Waals surface area (Å²) in [4.78, 5) is 16.7. The Morgan fingerprint density at radius 3 is 2.77 bits per heavy atom. The second-order valence-corrected chi connectivity index (χ2v) is 7.96. The summed E-state index contributed by atoms with van der Waals surface area (Å²) in [6.45, 7) is 6.13. The molecule has 1 unspecified atom stereocenters. The first-order valence-corrected chi connectivity index (χ1v) is 9.66. The van der Waals surface area contributed by atoms with Gasteiger partial charge in [-0.25, -0.2) is 0 Å². The minimum Gasteiger partial charge on any atom is -0.454 e. The molecule has 1 aromatic carbocycles. The molecule has 3 aliphatic heterocycles. The normalized spacial score (nSPS) is 25.3. The van der Waals surface area contributed by atoms with Gasteiger partial charge in [0.1, 0.15) is 0 Å². The van der Waals surface area contributed by atoms with Crippen molar-refractivity contribution < 1.29 is 19.4 Å². The van der Waals surface area contributed by atoms with Gasteiger partial charge in [0.05, 0.1) is 12.1 Å². The lowest BCUT2D eigenvalue weighted by atomic mass is 9.84. The van der Waals surface area contributed by atoms with Crippen molar-refractivity contribution in [1.82, 2.24) is 9.80 Å². The second kappa shape index (κ2) is 7.08. The number of fused-ring (bicyclic) bond motifs is 1. The Morgan fingerprint density at radius 2 is 2.00 bits per heavy atom. The van der Waals surface area contributed by atoms with E-state index < -0.39 is 5.60 Å². The molecule has 0 aliphatic carbocycles. The van der Waals surface area contributed by atoms with Gasteiger partial charge in [0.25, 0.3) is 0 Å². The summed E-state index contributed by atoms with van der Waals surface area (Å²) >= 11 is 0. The highest BCUT2D eigenvalue weighted by molar-refractivity contribution is 5.78. The van der Waals surface area contributed by atoms with Crippen molar-refractivity contribution >= 4 is 5.91 Å². The standard InChI is InChI=1S/C20H28N2O4/c1-15-3-2-8-22(12-15)19(23)13-21-9-6-20(24,7-10-21)16-4-5-17-18(11-16)26-14-25-17/h4-5,11,15,24H,2-3,6-10,12-14H2,1H3. The highest BCUT2D eigenvalue weighted by Gasteiger charge is 2.36. The van der Waals surface area contributed by atoms with Crippen molar-refractivity contribution in [2.45, 2.75) is 38.2 Å². The first kappa shape index (κ1) is 17.6. The Hall–Kier alpha value is -1.79. The molecule has 6 heteroatoms. The molecule has 142 valence electrons. The molecule has 2 saturated heterocycles. The second-order valence-electron chi connectivity index (χ2n) is 7.96. The van der Waals surface area contributed by atoms with Crippen LogP contribution in [-0.4, -0.2) is 60.3 Å². The van der Waals surface area contributed by atoms with Gasteiger partial charge in [-0.2, -0.15) is 0 Å². The van der Waals surface area contributed by atoms with Gasteiger partial charge in [-0.1, -0.05) is 13.0 Å². The number of amides is 1. The number of carbonyl (C=O) groups excluding carboxylic acids is 1. The van der Waals surface area contributed by atoms with Gasteiger partial charge >= 0.3 is 0 Å². The average molecular weight is 360 g/mol. The number of aliphatic hydroxyl groups is 1. The summed E-state index contributed by atoms with van der Waals surface area (Å²) in [5, 5.41) is 11.1. The van der Waals surface area contributed by atoms with Gasteiger partial charge < -0.3 is 19.5 Å². The Morgan fingerprint density at radius 1 is 1.23 bits per heavy atom. The molecule has 0 bridgehead atoms. The SMILES string of the molecule is CC1CCCN(C(=O)CN2CCC(O)(c3ccc4c(c3)OCO4)CC2)C1. The fraction of sp³-hybridized carbons (Fsp3) is 0.650. The molecule has 1 aromatic rings. The third-order valence-electron chi connectivity index (χ3n) is 5.96. The number of rotatable bonds is 3. The van der Waals surface area contributed by atoms with Crippen LogP contribution in [0.5, 0.6) is 11.5 Å². The molecule has 3 aliphatic rings. The summed E-state index contributed by atoms with van der Waals surface area (Å²) in [6, 6.07) is 5.67. The minimum absolute atomic E-state index is 0.227. The van der Waals surface area contributed by atoms with Crippen molar-refractivity contribution in [3.05, 3.63) is 23.8 Å². The van der Waals surface area contributed by atoms with E-state index in [1.165, 1.54) is 6.42 Å². The van der Waals surface area contributed by atoms with Crippen LogP contribution in [0, 0.1) is 5.92 Å². The van der Waals surface area contributed by atoms with Gasteiger partial charge in [-0.3, -0.25) is 9.69 Å². The highest BCUT2D eigenvalue weighted by atomic mass is 16.7. The van der Waals surface area contributed by atoms with Crippen LogP contribution >= 0.6 is 0 Å². The Labute approximate surface area is 154 Å². The van der Waals surface area contributed by atoms with Crippen molar-refractivity contribution in [2.75, 3.05) is 39.5 Å². The number of ether oxygens (including phenoxy) is 2. The van der Waals surface area contributed by atoms with Gasteiger partial charge in [0.15, 0.2) is 11.5 Å². The topological polar surface area (TPSA) is 62.2 Å². The summed E-state index contributed by atoms with van der Waals surface area (Å²) < 4.78 is 10.8. The van der Waals surface area contributed by atoms with Gasteiger partial charge in [0, 0.05) is 26.2 Å². The number of hydrogen-bond donors (Lipinski definition) is 1. The molecule has 1 amide bonds. The molecule has 6 nitrogen and oxygen atoms in total. The number of nitrogens with zero attached hydrogens (tertiary/aromatic N) is 2. The molecule has 1 N–H and O–H groups in total. The third-order valence-corrected chi connectivity index (χ3v) is 5.96. The van der Waals surface area contributed by atoms with Crippen molar-refractivity contribution in [2.24, 2.45) is 5.92 Å². The molecule has 1 atom stereocenters. The maximum Gasteiger partial charge on any atom is 0.236 e. The lowest BCUT2D eigenvalue weighted by Crippen LogP contribution is -2.48. The average Bonchev–Trinajstić information content (AvgIpc) is 3.11. The van der Waals surface area contributed by atoms with E-state index in [0.717, 1.165) is 43.9 Å². The molecular weight excluding hydrogens is 332 g/mol. The van der Waals surface area contributed by atoms with Crippen LogP contribution in [0.3, 0.4) is 0 Å². The van der Waals surface area contributed by atoms with E-state index in [-0.39, 0.29) is 12.7 Å². The first-order valence-electron chi connectivity index (χ1n) is 9.66. The predicted molar refractivity (Wildman–Crippen MR) is 97.1 cm³/mol. The quantitative estimate of drug-likeness (QED) is 0.893. The summed E-state index contributed by atoms with van der Waals surface area (Å²) in [7, 11) is 0. The maximum absolute atomic E-state index is 12.6. The van der Waals surface area contributed by atoms with E-state index in [0.29, 0.717) is 31.1 Å². The lowest BCUT2D eigenvalue weighted by molar-refractivity contribution is -0.135. The summed E-state index contributed by atoms with van der Waals surface area (Å²) in [6.07, 6.45) is 3.57. The van der Waals surface area contributed by atoms with E-state index in [1.807, 2.05) is 23.1 Å². The smallest absolute Gasteiger partial charge is 0.236 e. The lowest BCUT2D eigenvalue weighted by Gasteiger charge is -2.39. The van der Waals surface area contributed by atoms with Crippen LogP contribution in [-0.2, 0) is 10.4 Å². The molecule has 0 spiro atoms. The first-order chi connectivity index (χ1) is 12.5. The Kier molecular flexibility index (Phi) is 4.80. The van der Waals surface area contributed by atoms with Crippen LogP contribution in [0.2, 0.25) is 0 Å². The zero-order valence-electron chi connectivity index (χ0n) is 15.4. The van der Waals surface area contributed by atoms with Crippen LogP contribution in [0.1, 0.15) is 38.2 Å². The van der Waals surface area contributed by atoms with Crippen molar-refractivity contribution in [1.29, 1.82) is 0 Å². The van der Waals surface area contributed by atoms with Gasteiger partial charge in [-0.15, -0.1) is 0 Å². The number of carbonyl (C=O) groups is 1. The molecule has 0 radical (unpaired) electrons. The summed E-state index contributed by atoms with van der Waals surface area (Å²) in [5.41, 5.74) is 0.0118. The van der Waals surface area contributed by atoms with Crippen LogP contribution in [0.25, 0.3) is 0 Å². The molecular formula is C20H28N2O4. The molecule has 2 fully saturated rings. The van der Waals surface area contributed by atoms with Gasteiger partial charge in [0.2, 0.25) is 12.7 Å². The zero-order valence-corrected chi connectivity index (χ0v) is 15.4. The third kappa shape index (κ3) is 3.53. The predicted octanol–water partition coefficient (Wildman–Crippen LogP) is 1.96. The molecule has 3 heterocycles. The van der Waals surface area contributed by atoms with Crippen LogP contribution < -0.4 is 9.47 Å². The summed E-state index contributed by atoms with van der Waals surface area (Å²) in [5.74, 6) is 2.26. The minimum atomic E-state index is -0.861. The fourth-order valence-electron chi connectivity index (χ4n) is 4.26. The Balaban J connectivity index is 1.34. The van der Waals surface area contributed by atoms with Crippen LogP contribution in [0.15, 0.2) is 18.2 Å². The molecule has 4 rings (SSSR count).